The Bertz CT molecular complexity index is 3900. The number of ether oxygens (including phenoxy) is 6. The van der Waals surface area contributed by atoms with E-state index in [1.54, 1.807) is 109 Å². The van der Waals surface area contributed by atoms with Gasteiger partial charge in [0.25, 0.3) is 0 Å². The van der Waals surface area contributed by atoms with Crippen LogP contribution in [0.3, 0.4) is 0 Å². The predicted octanol–water partition coefficient (Wildman–Crippen LogP) is 11.8. The lowest BCUT2D eigenvalue weighted by molar-refractivity contribution is -0.341. The third-order valence-electron chi connectivity index (χ3n) is 16.2. The highest BCUT2D eigenvalue weighted by Crippen LogP contribution is 2.34. The normalized spacial score (nSPS) is 16.3. The van der Waals surface area contributed by atoms with Crippen LogP contribution in [0, 0.1) is 56.7 Å². The van der Waals surface area contributed by atoms with Gasteiger partial charge >= 0.3 is 23.9 Å². The third-order valence-corrected chi connectivity index (χ3v) is 16.2. The maximum absolute atomic E-state index is 15.0. The molecule has 0 aromatic heterocycles. The summed E-state index contributed by atoms with van der Waals surface area (Å²) < 4.78 is 36.9. The molecule has 5 aromatic rings. The molecular weight excluding hydrogens is 1230 g/mol. The van der Waals surface area contributed by atoms with Gasteiger partial charge < -0.3 is 52.9 Å². The molecule has 6 rings (SSSR count). The molecule has 0 aliphatic carbocycles. The fraction of sp³-hybridized carbons (Fsp3) is 0.342. The van der Waals surface area contributed by atoms with Crippen LogP contribution in [0.2, 0.25) is 0 Å². The van der Waals surface area contributed by atoms with Gasteiger partial charge in [-0.25, -0.2) is 19.2 Å². The van der Waals surface area contributed by atoms with Crippen LogP contribution in [0.1, 0.15) is 97.1 Å². The van der Waals surface area contributed by atoms with Gasteiger partial charge in [0, 0.05) is 93.9 Å². The number of nitriles is 5. The van der Waals surface area contributed by atoms with Crippen LogP contribution in [0.5, 0.6) is 0 Å². The van der Waals surface area contributed by atoms with Gasteiger partial charge in [0.2, 0.25) is 18.7 Å². The molecule has 0 bridgehead atoms. The lowest BCUT2D eigenvalue weighted by atomic mass is 10.0. The van der Waals surface area contributed by atoms with Crippen molar-refractivity contribution in [2.24, 2.45) is 0 Å². The first-order chi connectivity index (χ1) is 46.9. The summed E-state index contributed by atoms with van der Waals surface area (Å²) in [6.07, 6.45) is -5.42. The molecule has 5 unspecified atom stereocenters. The first kappa shape index (κ1) is 74.8. The number of hydrogen-bond donors (Lipinski definition) is 0. The van der Waals surface area contributed by atoms with Crippen molar-refractivity contribution >= 4 is 88.5 Å². The number of Topliss-reactive ketones (excluding diaryl/α,β-unsaturated/α-hetero) is 1. The van der Waals surface area contributed by atoms with Gasteiger partial charge in [-0.05, 0) is 188 Å². The zero-order valence-corrected chi connectivity index (χ0v) is 56.6. The van der Waals surface area contributed by atoms with Gasteiger partial charge in [-0.15, -0.1) is 0 Å². The maximum Gasteiger partial charge on any atom is 0.351 e. The third kappa shape index (κ3) is 20.1. The van der Waals surface area contributed by atoms with E-state index in [-0.39, 0.29) is 0 Å². The summed E-state index contributed by atoms with van der Waals surface area (Å²) in [6, 6.07) is 43.9. The molecule has 1 aliphatic heterocycles. The van der Waals surface area contributed by atoms with E-state index in [4.69, 9.17) is 28.4 Å². The Morgan fingerprint density at radius 3 is 0.784 bits per heavy atom. The number of hydrogen-bond acceptors (Lipinski definition) is 21. The van der Waals surface area contributed by atoms with Gasteiger partial charge in [-0.3, -0.25) is 4.79 Å². The van der Waals surface area contributed by atoms with E-state index in [2.05, 4.69) is 24.5 Å². The number of ketones is 1. The first-order valence-corrected chi connectivity index (χ1v) is 32.4. The molecule has 1 heterocycles. The van der Waals surface area contributed by atoms with Crippen molar-refractivity contribution in [3.63, 3.8) is 0 Å². The zero-order chi connectivity index (χ0) is 70.6. The fourth-order valence-electron chi connectivity index (χ4n) is 10.8. The Hall–Kier alpha value is -11.3. The summed E-state index contributed by atoms with van der Waals surface area (Å²) in [5, 5.41) is 53.2. The first-order valence-electron chi connectivity index (χ1n) is 32.4. The van der Waals surface area contributed by atoms with Crippen LogP contribution >= 0.6 is 0 Å². The van der Waals surface area contributed by atoms with Crippen molar-refractivity contribution in [1.29, 1.82) is 26.3 Å². The van der Waals surface area contributed by atoms with Crippen molar-refractivity contribution in [3.05, 3.63) is 177 Å². The largest absolute Gasteiger partial charge is 0.450 e. The van der Waals surface area contributed by atoms with Crippen LogP contribution in [0.4, 0.5) is 28.4 Å². The molecule has 21 nitrogen and oxygen atoms in total. The molecule has 0 spiro atoms. The summed E-state index contributed by atoms with van der Waals surface area (Å²) in [4.78, 5) is 84.0. The lowest BCUT2D eigenvalue weighted by Gasteiger charge is -2.43. The second-order valence-corrected chi connectivity index (χ2v) is 21.8. The molecule has 0 radical (unpaired) electrons. The van der Waals surface area contributed by atoms with E-state index in [1.807, 2.05) is 112 Å². The average Bonchev–Trinajstić information content (AvgIpc) is 0.776. The molecule has 1 saturated heterocycles. The Morgan fingerprint density at radius 1 is 0.330 bits per heavy atom. The summed E-state index contributed by atoms with van der Waals surface area (Å²) >= 11 is 0. The van der Waals surface area contributed by atoms with Crippen LogP contribution in [-0.2, 0) is 52.4 Å². The molecule has 21 heteroatoms. The molecule has 5 atom stereocenters. The van der Waals surface area contributed by atoms with E-state index in [0.717, 1.165) is 41.5 Å². The Morgan fingerprint density at radius 2 is 0.546 bits per heavy atom. The number of rotatable bonds is 32. The topological polar surface area (TPSA) is 276 Å². The van der Waals surface area contributed by atoms with E-state index < -0.39 is 95.0 Å². The van der Waals surface area contributed by atoms with Crippen LogP contribution in [0.25, 0.3) is 30.4 Å². The number of carbonyl (C=O) groups is 5. The van der Waals surface area contributed by atoms with Gasteiger partial charge in [0.15, 0.2) is 18.0 Å². The Kier molecular flexibility index (Phi) is 29.0. The quantitative estimate of drug-likeness (QED) is 0.0167. The smallest absolute Gasteiger partial charge is 0.351 e. The van der Waals surface area contributed by atoms with Crippen molar-refractivity contribution < 1.29 is 52.4 Å². The zero-order valence-electron chi connectivity index (χ0n) is 56.6. The minimum atomic E-state index is -2.38. The second kappa shape index (κ2) is 37.6. The van der Waals surface area contributed by atoms with Gasteiger partial charge in [0.05, 0.1) is 5.57 Å². The van der Waals surface area contributed by atoms with Gasteiger partial charge in [0.1, 0.15) is 59.2 Å². The van der Waals surface area contributed by atoms with Crippen LogP contribution < -0.4 is 24.5 Å². The van der Waals surface area contributed by atoms with Crippen molar-refractivity contribution in [2.75, 3.05) is 96.6 Å². The summed E-state index contributed by atoms with van der Waals surface area (Å²) in [5.41, 5.74) is 3.25. The highest BCUT2D eigenvalue weighted by molar-refractivity contribution is 6.04. The van der Waals surface area contributed by atoms with Crippen molar-refractivity contribution in [1.82, 2.24) is 0 Å². The molecule has 5 aromatic carbocycles. The average molecular weight is 1310 g/mol. The molecule has 0 N–H and O–H groups in total. The number of nitrogens with zero attached hydrogens (tertiary/aromatic N) is 10. The molecular formula is C76H82N10O11. The second-order valence-electron chi connectivity index (χ2n) is 21.8. The molecule has 502 valence electrons. The standard InChI is InChI=1S/C76H82N10O11/c1-11-82(12-2)62-31-21-52(22-32-62)41-57(46-77)67(87)51-92-75-69(94-72(89)59(48-79)43-54-25-35-64(36-26-54)84(15-5)16-6)68(93-71(88)58(47-78)42-53-23-33-63(34-24-53)83(13-3)14-4)70(95-73(90)60(49-80)44-55-27-37-65(38-28-55)85(17-7)18-8)76(97-75)96-74(91)61(50-81)45-56-29-39-66(40-30-56)86(19-9)20-10/h21-45,68-70,75-76H,11-20,51H2,1-10H3/b57-41+,58-42+,59-43+,60-44+,61-45+. The van der Waals surface area contributed by atoms with Gasteiger partial charge in [-0.2, -0.15) is 26.3 Å². The summed E-state index contributed by atoms with van der Waals surface area (Å²) in [7, 11) is 0. The molecule has 1 fully saturated rings. The summed E-state index contributed by atoms with van der Waals surface area (Å²) in [5.74, 6) is -6.64. The van der Waals surface area contributed by atoms with E-state index in [1.165, 1.54) is 30.4 Å². The molecule has 1 aliphatic rings. The molecule has 0 amide bonds. The highest BCUT2D eigenvalue weighted by atomic mass is 16.8. The lowest BCUT2D eigenvalue weighted by Crippen LogP contribution is -2.63. The number of benzene rings is 5. The maximum atomic E-state index is 15.0. The van der Waals surface area contributed by atoms with Crippen LogP contribution in [0.15, 0.2) is 149 Å². The molecule has 0 saturated carbocycles. The monoisotopic (exact) mass is 1310 g/mol. The van der Waals surface area contributed by atoms with Crippen molar-refractivity contribution in [3.8, 4) is 30.3 Å². The minimum Gasteiger partial charge on any atom is -0.450 e. The molecule has 97 heavy (non-hydrogen) atoms. The summed E-state index contributed by atoms with van der Waals surface area (Å²) in [6.45, 7) is 25.8. The van der Waals surface area contributed by atoms with Crippen molar-refractivity contribution in [2.45, 2.75) is 100 Å². The predicted molar refractivity (Wildman–Crippen MR) is 373 cm³/mol. The van der Waals surface area contributed by atoms with Gasteiger partial charge in [-0.1, -0.05) is 60.7 Å². The van der Waals surface area contributed by atoms with E-state index in [9.17, 15) is 50.3 Å². The fourth-order valence-corrected chi connectivity index (χ4v) is 10.8. The SMILES string of the molecule is CCN(CC)c1ccc(/C=C(\C#N)C(=O)COC2OC(OC(=O)/C(C#N)=C/c3ccc(N(CC)CC)cc3)C(OC(=O)/C(C#N)=C/c3ccc(N(CC)CC)cc3)C(OC(=O)/C(C#N)=C/c3ccc(N(CC)CC)cc3)C2OC(=O)/C(C#N)=C/c2ccc(N(CC)CC)cc2)cc1. The number of anilines is 5. The van der Waals surface area contributed by atoms with E-state index in [0.29, 0.717) is 80.2 Å². The van der Waals surface area contributed by atoms with E-state index >= 15 is 0 Å². The Labute approximate surface area is 568 Å². The number of carbonyl (C=O) groups excluding carboxylic acids is 5. The van der Waals surface area contributed by atoms with Crippen LogP contribution in [-0.4, -0.2) is 133 Å². The minimum absolute atomic E-state index is 0.358. The number of esters is 4. The Balaban J connectivity index is 1.57. The highest BCUT2D eigenvalue weighted by Gasteiger charge is 2.56.